The van der Waals surface area contributed by atoms with Crippen LogP contribution in [-0.4, -0.2) is 25.8 Å². The fraction of sp³-hybridized carbons (Fsp3) is 0. The van der Waals surface area contributed by atoms with Crippen LogP contribution in [0, 0.1) is 0 Å². The van der Waals surface area contributed by atoms with Gasteiger partial charge in [-0.1, -0.05) is 6.07 Å². The van der Waals surface area contributed by atoms with E-state index in [0.29, 0.717) is 10.2 Å². The number of hydrogen-bond acceptors (Lipinski definition) is 3. The van der Waals surface area contributed by atoms with Crippen LogP contribution in [0.4, 0.5) is 0 Å². The molecule has 0 radical (unpaired) electrons. The van der Waals surface area contributed by atoms with Crippen LogP contribution in [0.25, 0.3) is 5.69 Å². The maximum atomic E-state index is 11.0. The molecule has 1 heterocycles. The number of aromatic nitrogens is 3. The Hall–Kier alpha value is -1.69. The van der Waals surface area contributed by atoms with Crippen LogP contribution >= 0.6 is 15.9 Å². The lowest BCUT2D eigenvalue weighted by molar-refractivity contribution is 0.0697. The molecular weight excluding hydrogens is 262 g/mol. The number of halogens is 1. The molecule has 0 saturated carbocycles. The maximum absolute atomic E-state index is 11.0. The van der Waals surface area contributed by atoms with Gasteiger partial charge in [0.2, 0.25) is 0 Å². The quantitative estimate of drug-likeness (QED) is 0.900. The summed E-state index contributed by atoms with van der Waals surface area (Å²) in [5.74, 6) is -0.986. The first-order valence-electron chi connectivity index (χ1n) is 4.07. The zero-order valence-electron chi connectivity index (χ0n) is 7.46. The van der Waals surface area contributed by atoms with Crippen LogP contribution in [0.1, 0.15) is 10.4 Å². The standard InChI is InChI=1S/C9H6BrN3O2/c10-7-3-1-2-6(9(14)15)8(7)13-4-11-12-5-13/h1-5H,(H,14,15). The van der Waals surface area contributed by atoms with Gasteiger partial charge in [0.05, 0.1) is 11.3 Å². The minimum Gasteiger partial charge on any atom is -0.478 e. The fourth-order valence-electron chi connectivity index (χ4n) is 1.27. The number of aromatic carboxylic acids is 1. The highest BCUT2D eigenvalue weighted by molar-refractivity contribution is 9.10. The van der Waals surface area contributed by atoms with Gasteiger partial charge in [-0.15, -0.1) is 10.2 Å². The second kappa shape index (κ2) is 3.82. The van der Waals surface area contributed by atoms with Crippen molar-refractivity contribution in [3.8, 4) is 5.69 Å². The first-order chi connectivity index (χ1) is 7.20. The molecule has 1 aromatic heterocycles. The van der Waals surface area contributed by atoms with Crippen LogP contribution in [0.2, 0.25) is 0 Å². The monoisotopic (exact) mass is 267 g/mol. The van der Waals surface area contributed by atoms with E-state index in [-0.39, 0.29) is 5.56 Å². The van der Waals surface area contributed by atoms with E-state index in [4.69, 9.17) is 5.11 Å². The van der Waals surface area contributed by atoms with E-state index in [9.17, 15) is 4.79 Å². The molecule has 2 rings (SSSR count). The molecular formula is C9H6BrN3O2. The Bertz CT molecular complexity index is 496. The molecule has 15 heavy (non-hydrogen) atoms. The highest BCUT2D eigenvalue weighted by Gasteiger charge is 2.14. The molecule has 0 atom stereocenters. The number of carbonyl (C=O) groups is 1. The van der Waals surface area contributed by atoms with E-state index in [2.05, 4.69) is 26.1 Å². The Labute approximate surface area is 93.5 Å². The summed E-state index contributed by atoms with van der Waals surface area (Å²) in [6.45, 7) is 0. The largest absolute Gasteiger partial charge is 0.478 e. The zero-order chi connectivity index (χ0) is 10.8. The van der Waals surface area contributed by atoms with E-state index >= 15 is 0 Å². The van der Waals surface area contributed by atoms with Crippen LogP contribution in [0.15, 0.2) is 35.3 Å². The van der Waals surface area contributed by atoms with Gasteiger partial charge >= 0.3 is 5.97 Å². The van der Waals surface area contributed by atoms with E-state index in [0.717, 1.165) is 0 Å². The minimum atomic E-state index is -0.986. The van der Waals surface area contributed by atoms with Crippen molar-refractivity contribution >= 4 is 21.9 Å². The van der Waals surface area contributed by atoms with E-state index in [1.807, 2.05) is 0 Å². The Balaban J connectivity index is 2.68. The molecule has 0 amide bonds. The van der Waals surface area contributed by atoms with Crippen molar-refractivity contribution in [3.05, 3.63) is 40.9 Å². The predicted octanol–water partition coefficient (Wildman–Crippen LogP) is 1.73. The van der Waals surface area contributed by atoms with Crippen molar-refractivity contribution in [2.75, 3.05) is 0 Å². The van der Waals surface area contributed by atoms with E-state index in [1.165, 1.54) is 18.7 Å². The van der Waals surface area contributed by atoms with Crippen LogP contribution in [0.3, 0.4) is 0 Å². The topological polar surface area (TPSA) is 68.0 Å². The lowest BCUT2D eigenvalue weighted by Gasteiger charge is -2.07. The molecule has 1 aromatic carbocycles. The summed E-state index contributed by atoms with van der Waals surface area (Å²) in [7, 11) is 0. The highest BCUT2D eigenvalue weighted by Crippen LogP contribution is 2.24. The van der Waals surface area contributed by atoms with Gasteiger partial charge < -0.3 is 5.11 Å². The molecule has 6 heteroatoms. The summed E-state index contributed by atoms with van der Waals surface area (Å²) in [6.07, 6.45) is 2.90. The van der Waals surface area contributed by atoms with Crippen LogP contribution in [0.5, 0.6) is 0 Å². The summed E-state index contributed by atoms with van der Waals surface area (Å²) in [5, 5.41) is 16.3. The van der Waals surface area contributed by atoms with Gasteiger partial charge in [0.25, 0.3) is 0 Å². The molecule has 0 aliphatic carbocycles. The molecule has 0 aliphatic heterocycles. The number of para-hydroxylation sites is 1. The van der Waals surface area contributed by atoms with Crippen molar-refractivity contribution in [2.24, 2.45) is 0 Å². The maximum Gasteiger partial charge on any atom is 0.337 e. The lowest BCUT2D eigenvalue weighted by Crippen LogP contribution is -2.04. The Morgan fingerprint density at radius 3 is 2.60 bits per heavy atom. The smallest absolute Gasteiger partial charge is 0.337 e. The third-order valence-corrected chi connectivity index (χ3v) is 2.53. The molecule has 0 saturated heterocycles. The van der Waals surface area contributed by atoms with Gasteiger partial charge in [0, 0.05) is 4.47 Å². The third kappa shape index (κ3) is 1.75. The Morgan fingerprint density at radius 2 is 2.00 bits per heavy atom. The van der Waals surface area contributed by atoms with Gasteiger partial charge in [-0.3, -0.25) is 4.57 Å². The predicted molar refractivity (Wildman–Crippen MR) is 56.0 cm³/mol. The molecule has 0 fully saturated rings. The zero-order valence-corrected chi connectivity index (χ0v) is 9.05. The summed E-state index contributed by atoms with van der Waals surface area (Å²) in [6, 6.07) is 4.96. The van der Waals surface area contributed by atoms with Crippen molar-refractivity contribution in [3.63, 3.8) is 0 Å². The van der Waals surface area contributed by atoms with Crippen LogP contribution in [-0.2, 0) is 0 Å². The SMILES string of the molecule is O=C(O)c1cccc(Br)c1-n1cnnc1. The summed E-state index contributed by atoms with van der Waals surface area (Å²) in [4.78, 5) is 11.0. The Kier molecular flexibility index (Phi) is 2.51. The summed E-state index contributed by atoms with van der Waals surface area (Å²) >= 11 is 3.30. The van der Waals surface area contributed by atoms with Crippen molar-refractivity contribution in [1.82, 2.24) is 14.8 Å². The van der Waals surface area contributed by atoms with E-state index in [1.54, 1.807) is 16.7 Å². The molecule has 0 spiro atoms. The van der Waals surface area contributed by atoms with Gasteiger partial charge in [0.1, 0.15) is 12.7 Å². The normalized spacial score (nSPS) is 10.2. The van der Waals surface area contributed by atoms with Crippen molar-refractivity contribution < 1.29 is 9.90 Å². The molecule has 0 bridgehead atoms. The number of benzene rings is 1. The highest BCUT2D eigenvalue weighted by atomic mass is 79.9. The first kappa shape index (κ1) is 9.85. The number of nitrogens with zero attached hydrogens (tertiary/aromatic N) is 3. The second-order valence-corrected chi connectivity index (χ2v) is 3.66. The van der Waals surface area contributed by atoms with E-state index < -0.39 is 5.97 Å². The molecule has 2 aromatic rings. The number of carboxylic acid groups (broad SMARTS) is 1. The number of rotatable bonds is 2. The average Bonchev–Trinajstić information content (AvgIpc) is 2.70. The van der Waals surface area contributed by atoms with Crippen molar-refractivity contribution in [2.45, 2.75) is 0 Å². The second-order valence-electron chi connectivity index (χ2n) is 2.81. The summed E-state index contributed by atoms with van der Waals surface area (Å²) in [5.41, 5.74) is 0.721. The van der Waals surface area contributed by atoms with Gasteiger partial charge in [-0.25, -0.2) is 4.79 Å². The van der Waals surface area contributed by atoms with Crippen molar-refractivity contribution in [1.29, 1.82) is 0 Å². The minimum absolute atomic E-state index is 0.198. The third-order valence-electron chi connectivity index (χ3n) is 1.89. The number of carboxylic acids is 1. The molecule has 5 nitrogen and oxygen atoms in total. The average molecular weight is 268 g/mol. The number of hydrogen-bond donors (Lipinski definition) is 1. The van der Waals surface area contributed by atoms with Gasteiger partial charge in [0.15, 0.2) is 0 Å². The van der Waals surface area contributed by atoms with Crippen LogP contribution < -0.4 is 0 Å². The fourth-order valence-corrected chi connectivity index (χ4v) is 1.84. The Morgan fingerprint density at radius 1 is 1.33 bits per heavy atom. The van der Waals surface area contributed by atoms with Gasteiger partial charge in [-0.05, 0) is 28.1 Å². The molecule has 76 valence electrons. The van der Waals surface area contributed by atoms with Gasteiger partial charge in [-0.2, -0.15) is 0 Å². The molecule has 0 aliphatic rings. The lowest BCUT2D eigenvalue weighted by atomic mass is 10.2. The molecule has 1 N–H and O–H groups in total. The first-order valence-corrected chi connectivity index (χ1v) is 4.86. The summed E-state index contributed by atoms with van der Waals surface area (Å²) < 4.78 is 2.23. The molecule has 0 unspecified atom stereocenters.